The molecule has 1 spiro atoms. The Bertz CT molecular complexity index is 576. The number of hydrogen-bond acceptors (Lipinski definition) is 6. The van der Waals surface area contributed by atoms with Gasteiger partial charge in [-0.15, -0.1) is 11.3 Å². The molecule has 0 radical (unpaired) electrons. The lowest BCUT2D eigenvalue weighted by Gasteiger charge is -2.33. The van der Waals surface area contributed by atoms with Gasteiger partial charge in [0.25, 0.3) is 5.91 Å². The van der Waals surface area contributed by atoms with Crippen molar-refractivity contribution in [3.63, 3.8) is 0 Å². The van der Waals surface area contributed by atoms with E-state index >= 15 is 0 Å². The third-order valence-corrected chi connectivity index (χ3v) is 4.78. The first-order valence-corrected chi connectivity index (χ1v) is 8.14. The number of nitrogens with zero attached hydrogens (tertiary/aromatic N) is 3. The molecule has 0 bridgehead atoms. The molecule has 1 atom stereocenters. The molecule has 8 heteroatoms. The fraction of sp³-hybridized carbons (Fsp3) is 0.643. The van der Waals surface area contributed by atoms with E-state index in [-0.39, 0.29) is 18.4 Å². The van der Waals surface area contributed by atoms with Crippen molar-refractivity contribution >= 4 is 23.2 Å². The van der Waals surface area contributed by atoms with Gasteiger partial charge in [0.15, 0.2) is 0 Å². The zero-order valence-electron chi connectivity index (χ0n) is 12.8. The van der Waals surface area contributed by atoms with Crippen LogP contribution in [0, 0.1) is 0 Å². The molecule has 2 aliphatic rings. The first-order valence-electron chi connectivity index (χ1n) is 7.26. The van der Waals surface area contributed by atoms with Gasteiger partial charge in [-0.1, -0.05) is 0 Å². The Morgan fingerprint density at radius 1 is 1.59 bits per heavy atom. The van der Waals surface area contributed by atoms with Crippen molar-refractivity contribution in [1.82, 2.24) is 20.1 Å². The molecule has 1 N–H and O–H groups in total. The van der Waals surface area contributed by atoms with E-state index in [0.717, 1.165) is 18.0 Å². The van der Waals surface area contributed by atoms with Gasteiger partial charge in [0, 0.05) is 25.0 Å². The van der Waals surface area contributed by atoms with Gasteiger partial charge >= 0.3 is 0 Å². The van der Waals surface area contributed by atoms with Crippen molar-refractivity contribution < 1.29 is 14.3 Å². The molecule has 7 nitrogen and oxygen atoms in total. The van der Waals surface area contributed by atoms with E-state index in [4.69, 9.17) is 4.74 Å². The van der Waals surface area contributed by atoms with E-state index in [1.165, 1.54) is 11.3 Å². The van der Waals surface area contributed by atoms with Crippen LogP contribution in [0.2, 0.25) is 0 Å². The van der Waals surface area contributed by atoms with Gasteiger partial charge in [0.05, 0.1) is 6.54 Å². The first-order chi connectivity index (χ1) is 10.5. The van der Waals surface area contributed by atoms with Gasteiger partial charge in [-0.05, 0) is 20.5 Å². The maximum absolute atomic E-state index is 12.5. The van der Waals surface area contributed by atoms with E-state index in [1.807, 2.05) is 24.4 Å². The fourth-order valence-electron chi connectivity index (χ4n) is 2.77. The van der Waals surface area contributed by atoms with E-state index in [1.54, 1.807) is 4.90 Å². The summed E-state index contributed by atoms with van der Waals surface area (Å²) in [6, 6.07) is 0. The Labute approximate surface area is 133 Å². The summed E-state index contributed by atoms with van der Waals surface area (Å²) in [7, 11) is 3.95. The number of aromatic nitrogens is 1. The number of morpholine rings is 1. The molecule has 3 heterocycles. The molecule has 3 rings (SSSR count). The minimum absolute atomic E-state index is 0.0568. The van der Waals surface area contributed by atoms with E-state index in [0.29, 0.717) is 25.3 Å². The van der Waals surface area contributed by atoms with Crippen LogP contribution in [0.4, 0.5) is 0 Å². The zero-order valence-corrected chi connectivity index (χ0v) is 13.6. The van der Waals surface area contributed by atoms with Crippen LogP contribution in [0.25, 0.3) is 0 Å². The highest BCUT2D eigenvalue weighted by atomic mass is 32.1. The summed E-state index contributed by atoms with van der Waals surface area (Å²) >= 11 is 1.50. The average molecular weight is 324 g/mol. The molecule has 22 heavy (non-hydrogen) atoms. The summed E-state index contributed by atoms with van der Waals surface area (Å²) in [5.74, 6) is -0.151. The highest BCUT2D eigenvalue weighted by Gasteiger charge is 2.44. The molecule has 1 aromatic rings. The number of carbonyl (C=O) groups excluding carboxylic acids is 2. The Morgan fingerprint density at radius 2 is 2.41 bits per heavy atom. The summed E-state index contributed by atoms with van der Waals surface area (Å²) in [6.45, 7) is 2.42. The predicted octanol–water partition coefficient (Wildman–Crippen LogP) is -0.0642. The fourth-order valence-corrected chi connectivity index (χ4v) is 3.66. The maximum Gasteiger partial charge on any atom is 0.273 e. The Hall–Kier alpha value is -1.51. The van der Waals surface area contributed by atoms with Crippen LogP contribution < -0.4 is 5.32 Å². The monoisotopic (exact) mass is 324 g/mol. The topological polar surface area (TPSA) is 74.8 Å². The smallest absolute Gasteiger partial charge is 0.273 e. The summed E-state index contributed by atoms with van der Waals surface area (Å²) < 4.78 is 5.68. The number of likely N-dealkylation sites (tertiary alicyclic amines) is 1. The van der Waals surface area contributed by atoms with Crippen molar-refractivity contribution in [2.75, 3.05) is 40.3 Å². The number of nitrogens with one attached hydrogen (secondary N) is 1. The van der Waals surface area contributed by atoms with E-state index < -0.39 is 5.60 Å². The number of rotatable bonds is 3. The summed E-state index contributed by atoms with van der Waals surface area (Å²) in [5.41, 5.74) is 0.0743. The Kier molecular flexibility index (Phi) is 4.16. The molecular formula is C14H20N4O3S. The lowest BCUT2D eigenvalue weighted by molar-refractivity contribution is -0.141. The predicted molar refractivity (Wildman–Crippen MR) is 81.7 cm³/mol. The molecule has 120 valence electrons. The highest BCUT2D eigenvalue weighted by Crippen LogP contribution is 2.28. The molecule has 1 aromatic heterocycles. The molecular weight excluding hydrogens is 304 g/mol. The van der Waals surface area contributed by atoms with Gasteiger partial charge in [0.2, 0.25) is 5.91 Å². The van der Waals surface area contributed by atoms with E-state index in [9.17, 15) is 9.59 Å². The SMILES string of the molecule is CN(C)Cc1nc(C(=O)N2CCC3(CNC(=O)CO3)C2)cs1. The zero-order chi connectivity index (χ0) is 15.7. The second-order valence-electron chi connectivity index (χ2n) is 6.09. The summed E-state index contributed by atoms with van der Waals surface area (Å²) in [5, 5.41) is 5.57. The minimum atomic E-state index is -0.425. The molecule has 0 aromatic carbocycles. The van der Waals surface area contributed by atoms with Gasteiger partial charge in [-0.25, -0.2) is 4.98 Å². The van der Waals surface area contributed by atoms with Gasteiger partial charge < -0.3 is 19.9 Å². The van der Waals surface area contributed by atoms with Gasteiger partial charge in [0.1, 0.15) is 22.9 Å². The van der Waals surface area contributed by atoms with Crippen LogP contribution >= 0.6 is 11.3 Å². The molecule has 1 unspecified atom stereocenters. The van der Waals surface area contributed by atoms with Crippen LogP contribution in [0.1, 0.15) is 21.9 Å². The molecule has 0 aliphatic carbocycles. The summed E-state index contributed by atoms with van der Waals surface area (Å²) in [4.78, 5) is 32.0. The van der Waals surface area contributed by atoms with Gasteiger partial charge in [-0.3, -0.25) is 9.59 Å². The Morgan fingerprint density at radius 3 is 3.09 bits per heavy atom. The van der Waals surface area contributed by atoms with Crippen LogP contribution in [0.3, 0.4) is 0 Å². The molecule has 2 saturated heterocycles. The van der Waals surface area contributed by atoms with Crippen molar-refractivity contribution in [3.05, 3.63) is 16.1 Å². The largest absolute Gasteiger partial charge is 0.361 e. The number of hydrogen-bond donors (Lipinski definition) is 1. The molecule has 2 amide bonds. The first kappa shape index (κ1) is 15.4. The standard InChI is InChI=1S/C14H20N4O3S/c1-17(2)5-12-16-10(7-22-12)13(20)18-4-3-14(9-18)8-15-11(19)6-21-14/h7H,3-6,8-9H2,1-2H3,(H,15,19). The lowest BCUT2D eigenvalue weighted by Crippen LogP contribution is -2.54. The summed E-state index contributed by atoms with van der Waals surface area (Å²) in [6.07, 6.45) is 0.744. The number of carbonyl (C=O) groups is 2. The lowest BCUT2D eigenvalue weighted by atomic mass is 10.0. The number of thiazole rings is 1. The second kappa shape index (κ2) is 5.94. The van der Waals surface area contributed by atoms with Crippen molar-refractivity contribution in [1.29, 1.82) is 0 Å². The maximum atomic E-state index is 12.5. The van der Waals surface area contributed by atoms with Crippen molar-refractivity contribution in [2.24, 2.45) is 0 Å². The normalized spacial score (nSPS) is 25.0. The molecule has 2 aliphatic heterocycles. The third-order valence-electron chi connectivity index (χ3n) is 3.94. The van der Waals surface area contributed by atoms with E-state index in [2.05, 4.69) is 10.3 Å². The molecule has 2 fully saturated rings. The van der Waals surface area contributed by atoms with Crippen LogP contribution in [0.5, 0.6) is 0 Å². The highest BCUT2D eigenvalue weighted by molar-refractivity contribution is 7.09. The quantitative estimate of drug-likeness (QED) is 0.843. The second-order valence-corrected chi connectivity index (χ2v) is 7.03. The third kappa shape index (κ3) is 3.13. The van der Waals surface area contributed by atoms with Crippen molar-refractivity contribution in [3.8, 4) is 0 Å². The number of amides is 2. The van der Waals surface area contributed by atoms with Crippen molar-refractivity contribution in [2.45, 2.75) is 18.6 Å². The Balaban J connectivity index is 1.64. The van der Waals surface area contributed by atoms with Crippen LogP contribution in [-0.2, 0) is 16.1 Å². The van der Waals surface area contributed by atoms with Gasteiger partial charge in [-0.2, -0.15) is 0 Å². The van der Waals surface area contributed by atoms with Crippen LogP contribution in [0.15, 0.2) is 5.38 Å². The molecule has 0 saturated carbocycles. The minimum Gasteiger partial charge on any atom is -0.361 e. The van der Waals surface area contributed by atoms with Crippen LogP contribution in [-0.4, -0.2) is 72.5 Å². The number of ether oxygens (including phenoxy) is 1. The average Bonchev–Trinajstić information content (AvgIpc) is 3.09.